The van der Waals surface area contributed by atoms with Crippen LogP contribution < -0.4 is 19.6 Å². The van der Waals surface area contributed by atoms with Crippen LogP contribution in [-0.4, -0.2) is 17.5 Å². The van der Waals surface area contributed by atoms with Gasteiger partial charge in [-0.15, -0.1) is 0 Å². The summed E-state index contributed by atoms with van der Waals surface area (Å²) in [6, 6.07) is 14.1. The molecule has 3 aromatic rings. The third-order valence-corrected chi connectivity index (χ3v) is 6.24. The molecule has 0 radical (unpaired) electrons. The molecule has 4 rings (SSSR count). The summed E-state index contributed by atoms with van der Waals surface area (Å²) in [6.07, 6.45) is 1.82. The molecule has 2 aromatic carbocycles. The second kappa shape index (κ2) is 8.05. The normalized spacial score (nSPS) is 16.3. The van der Waals surface area contributed by atoms with Crippen LogP contribution in [0.1, 0.15) is 31.0 Å². The third-order valence-electron chi connectivity index (χ3n) is 5.00. The molecule has 0 fully saturated rings. The highest BCUT2D eigenvalue weighted by Gasteiger charge is 2.30. The summed E-state index contributed by atoms with van der Waals surface area (Å²) >= 11 is 7.27. The molecular weight excluding hydrogens is 420 g/mol. The maximum Gasteiger partial charge on any atom is 0.271 e. The molecule has 0 aliphatic carbocycles. The average molecular weight is 439 g/mol. The number of thiazole rings is 1. The van der Waals surface area contributed by atoms with Gasteiger partial charge in [0, 0.05) is 16.3 Å². The van der Waals surface area contributed by atoms with Crippen LogP contribution in [0.15, 0.2) is 69.6 Å². The van der Waals surface area contributed by atoms with Crippen LogP contribution in [-0.2, 0) is 4.79 Å². The Kier molecular flexibility index (Phi) is 5.45. The van der Waals surface area contributed by atoms with Crippen LogP contribution in [0.3, 0.4) is 0 Å². The Morgan fingerprint density at radius 1 is 1.17 bits per heavy atom. The molecule has 0 amide bonds. The molecule has 7 heteroatoms. The first-order valence-electron chi connectivity index (χ1n) is 9.32. The molecule has 5 nitrogen and oxygen atoms in total. The first-order chi connectivity index (χ1) is 14.4. The fourth-order valence-electron chi connectivity index (χ4n) is 3.58. The molecule has 1 aliphatic heterocycles. The van der Waals surface area contributed by atoms with Gasteiger partial charge in [-0.3, -0.25) is 14.2 Å². The maximum atomic E-state index is 13.4. The van der Waals surface area contributed by atoms with E-state index in [-0.39, 0.29) is 11.3 Å². The van der Waals surface area contributed by atoms with Gasteiger partial charge in [-0.05, 0) is 55.3 Å². The number of carbonyl (C=O) groups excluding carboxylic acids is 1. The second-order valence-electron chi connectivity index (χ2n) is 6.96. The van der Waals surface area contributed by atoms with Gasteiger partial charge in [0.25, 0.3) is 5.56 Å². The number of hydrogen-bond donors (Lipinski definition) is 0. The van der Waals surface area contributed by atoms with Crippen molar-refractivity contribution in [1.29, 1.82) is 0 Å². The Balaban J connectivity index is 1.94. The number of rotatable bonds is 4. The van der Waals surface area contributed by atoms with E-state index in [4.69, 9.17) is 16.3 Å². The zero-order chi connectivity index (χ0) is 21.4. The predicted molar refractivity (Wildman–Crippen MR) is 119 cm³/mol. The van der Waals surface area contributed by atoms with Crippen molar-refractivity contribution >= 4 is 34.8 Å². The number of benzene rings is 2. The Bertz CT molecular complexity index is 1330. The monoisotopic (exact) mass is 438 g/mol. The molecule has 2 heterocycles. The van der Waals surface area contributed by atoms with Gasteiger partial charge in [-0.25, -0.2) is 4.99 Å². The lowest BCUT2D eigenvalue weighted by atomic mass is 9.93. The van der Waals surface area contributed by atoms with E-state index in [2.05, 4.69) is 4.99 Å². The van der Waals surface area contributed by atoms with E-state index in [9.17, 15) is 9.59 Å². The van der Waals surface area contributed by atoms with Gasteiger partial charge in [0.2, 0.25) is 0 Å². The van der Waals surface area contributed by atoms with Crippen molar-refractivity contribution in [3.63, 3.8) is 0 Å². The predicted octanol–water partition coefficient (Wildman–Crippen LogP) is 3.49. The SMILES string of the molecule is COc1ccc(C2C(C(C)=O)=C(C)N=c3s/c(=C/c4ccc(Cl)cc4)c(=O)n32)cc1. The highest BCUT2D eigenvalue weighted by Crippen LogP contribution is 2.31. The van der Waals surface area contributed by atoms with Gasteiger partial charge in [0.05, 0.1) is 17.7 Å². The van der Waals surface area contributed by atoms with E-state index in [1.807, 2.05) is 49.4 Å². The highest BCUT2D eigenvalue weighted by atomic mass is 35.5. The Morgan fingerprint density at radius 3 is 2.43 bits per heavy atom. The fraction of sp³-hybridized carbons (Fsp3) is 0.174. The van der Waals surface area contributed by atoms with Gasteiger partial charge in [0.15, 0.2) is 10.6 Å². The maximum absolute atomic E-state index is 13.4. The van der Waals surface area contributed by atoms with E-state index in [0.717, 1.165) is 11.1 Å². The minimum Gasteiger partial charge on any atom is -0.497 e. The molecule has 30 heavy (non-hydrogen) atoms. The smallest absolute Gasteiger partial charge is 0.271 e. The van der Waals surface area contributed by atoms with Crippen molar-refractivity contribution in [2.24, 2.45) is 4.99 Å². The summed E-state index contributed by atoms with van der Waals surface area (Å²) in [5.41, 5.74) is 2.66. The lowest BCUT2D eigenvalue weighted by Gasteiger charge is -2.24. The van der Waals surface area contributed by atoms with Gasteiger partial charge >= 0.3 is 0 Å². The largest absolute Gasteiger partial charge is 0.497 e. The van der Waals surface area contributed by atoms with Gasteiger partial charge < -0.3 is 4.74 Å². The van der Waals surface area contributed by atoms with Gasteiger partial charge in [-0.2, -0.15) is 0 Å². The minimum atomic E-state index is -0.531. The number of aromatic nitrogens is 1. The van der Waals surface area contributed by atoms with Crippen molar-refractivity contribution in [3.05, 3.63) is 95.6 Å². The molecule has 0 bridgehead atoms. The molecule has 1 unspecified atom stereocenters. The van der Waals surface area contributed by atoms with E-state index in [0.29, 0.717) is 31.4 Å². The number of methoxy groups -OCH3 is 1. The molecule has 1 aromatic heterocycles. The molecule has 1 aliphatic rings. The van der Waals surface area contributed by atoms with Crippen molar-refractivity contribution in [3.8, 4) is 5.75 Å². The van der Waals surface area contributed by atoms with Gasteiger partial charge in [0.1, 0.15) is 5.75 Å². The first kappa shape index (κ1) is 20.3. The van der Waals surface area contributed by atoms with Crippen LogP contribution in [0.4, 0.5) is 0 Å². The first-order valence-corrected chi connectivity index (χ1v) is 10.5. The summed E-state index contributed by atoms with van der Waals surface area (Å²) in [4.78, 5) is 31.0. The van der Waals surface area contributed by atoms with E-state index in [1.54, 1.807) is 23.8 Å². The Hall–Kier alpha value is -2.96. The summed E-state index contributed by atoms with van der Waals surface area (Å²) in [5.74, 6) is 0.600. The van der Waals surface area contributed by atoms with Crippen molar-refractivity contribution < 1.29 is 9.53 Å². The summed E-state index contributed by atoms with van der Waals surface area (Å²) in [5, 5.41) is 0.634. The number of fused-ring (bicyclic) bond motifs is 1. The fourth-order valence-corrected chi connectivity index (χ4v) is 4.76. The van der Waals surface area contributed by atoms with Gasteiger partial charge in [-0.1, -0.05) is 47.2 Å². The van der Waals surface area contributed by atoms with Crippen molar-refractivity contribution in [2.45, 2.75) is 19.9 Å². The standard InChI is InChI=1S/C23H19ClN2O3S/c1-13-20(14(2)27)21(16-6-10-18(29-3)11-7-16)26-22(28)19(30-23(26)25-13)12-15-4-8-17(24)9-5-15/h4-12,21H,1-3H3/b19-12+. The van der Waals surface area contributed by atoms with Crippen LogP contribution in [0.2, 0.25) is 5.02 Å². The van der Waals surface area contributed by atoms with E-state index >= 15 is 0 Å². The third kappa shape index (κ3) is 3.64. The second-order valence-corrected chi connectivity index (χ2v) is 8.41. The zero-order valence-corrected chi connectivity index (χ0v) is 18.3. The highest BCUT2D eigenvalue weighted by molar-refractivity contribution is 7.07. The van der Waals surface area contributed by atoms with Crippen LogP contribution in [0, 0.1) is 0 Å². The summed E-state index contributed by atoms with van der Waals surface area (Å²) in [7, 11) is 1.60. The number of ketones is 1. The van der Waals surface area contributed by atoms with Crippen molar-refractivity contribution in [1.82, 2.24) is 4.57 Å². The number of ether oxygens (including phenoxy) is 1. The van der Waals surface area contributed by atoms with Crippen LogP contribution >= 0.6 is 22.9 Å². The average Bonchev–Trinajstić information content (AvgIpc) is 3.03. The lowest BCUT2D eigenvalue weighted by molar-refractivity contribution is -0.114. The molecular formula is C23H19ClN2O3S. The number of nitrogens with zero attached hydrogens (tertiary/aromatic N) is 2. The number of Topliss-reactive ketones (excluding diaryl/α,β-unsaturated/α-hetero) is 1. The molecule has 0 saturated heterocycles. The molecule has 0 spiro atoms. The minimum absolute atomic E-state index is 0.107. The molecule has 0 N–H and O–H groups in total. The molecule has 0 saturated carbocycles. The zero-order valence-electron chi connectivity index (χ0n) is 16.7. The quantitative estimate of drug-likeness (QED) is 0.626. The van der Waals surface area contributed by atoms with Crippen LogP contribution in [0.25, 0.3) is 6.08 Å². The summed E-state index contributed by atoms with van der Waals surface area (Å²) < 4.78 is 7.40. The molecule has 152 valence electrons. The lowest BCUT2D eigenvalue weighted by Crippen LogP contribution is -2.39. The number of halogens is 1. The van der Waals surface area contributed by atoms with E-state index < -0.39 is 6.04 Å². The van der Waals surface area contributed by atoms with E-state index in [1.165, 1.54) is 18.3 Å². The summed E-state index contributed by atoms with van der Waals surface area (Å²) in [6.45, 7) is 3.32. The van der Waals surface area contributed by atoms with Crippen molar-refractivity contribution in [2.75, 3.05) is 7.11 Å². The topological polar surface area (TPSA) is 60.7 Å². The van der Waals surface area contributed by atoms with Crippen LogP contribution in [0.5, 0.6) is 5.75 Å². The molecule has 1 atom stereocenters. The number of hydrogen-bond acceptors (Lipinski definition) is 5. The Labute approximate surface area is 182 Å². The number of carbonyl (C=O) groups is 1. The number of allylic oxidation sites excluding steroid dienone is 2. The Morgan fingerprint density at radius 2 is 1.83 bits per heavy atom.